The molecule has 2 rings (SSSR count). The van der Waals surface area contributed by atoms with Gasteiger partial charge in [0.05, 0.1) is 5.75 Å². The Bertz CT molecular complexity index is 656. The molecule has 0 spiro atoms. The van der Waals surface area contributed by atoms with Crippen LogP contribution in [0.5, 0.6) is 0 Å². The van der Waals surface area contributed by atoms with Crippen molar-refractivity contribution in [2.75, 3.05) is 26.2 Å². The zero-order valence-corrected chi connectivity index (χ0v) is 15.0. The predicted octanol–water partition coefficient (Wildman–Crippen LogP) is 2.02. The van der Waals surface area contributed by atoms with E-state index in [0.717, 1.165) is 11.1 Å². The van der Waals surface area contributed by atoms with Gasteiger partial charge in [0.2, 0.25) is 15.9 Å². The third-order valence-electron chi connectivity index (χ3n) is 4.25. The highest BCUT2D eigenvalue weighted by molar-refractivity contribution is 7.88. The first-order valence-corrected chi connectivity index (χ1v) is 9.73. The number of carbonyl (C=O) groups excluding carboxylic acids is 1. The van der Waals surface area contributed by atoms with E-state index < -0.39 is 10.0 Å². The van der Waals surface area contributed by atoms with Crippen LogP contribution in [0.3, 0.4) is 0 Å². The largest absolute Gasteiger partial charge is 0.341 e. The third-order valence-corrected chi connectivity index (χ3v) is 6.08. The highest BCUT2D eigenvalue weighted by Gasteiger charge is 2.27. The van der Waals surface area contributed by atoms with Crippen LogP contribution in [0.4, 0.5) is 0 Å². The summed E-state index contributed by atoms with van der Waals surface area (Å²) in [5.41, 5.74) is 1.83. The van der Waals surface area contributed by atoms with Crippen LogP contribution in [-0.2, 0) is 20.6 Å². The second-order valence-corrected chi connectivity index (χ2v) is 8.38. The molecule has 0 N–H and O–H groups in total. The van der Waals surface area contributed by atoms with E-state index in [4.69, 9.17) is 0 Å². The molecule has 0 saturated carbocycles. The van der Waals surface area contributed by atoms with Crippen molar-refractivity contribution in [2.45, 2.75) is 32.9 Å². The van der Waals surface area contributed by atoms with Crippen molar-refractivity contribution in [3.63, 3.8) is 0 Å². The molecule has 0 radical (unpaired) electrons. The standard InChI is InChI=1S/C17H26N2O3S/c1-14(2)17(20)18-9-6-10-19(12-11-18)23(21,22)13-16-8-5-4-7-15(16)3/h4-5,7-8,14H,6,9-13H2,1-3H3. The zero-order valence-electron chi connectivity index (χ0n) is 14.2. The molecule has 0 aromatic heterocycles. The number of benzene rings is 1. The van der Waals surface area contributed by atoms with Crippen molar-refractivity contribution >= 4 is 15.9 Å². The minimum atomic E-state index is -3.36. The van der Waals surface area contributed by atoms with Crippen molar-refractivity contribution in [3.05, 3.63) is 35.4 Å². The van der Waals surface area contributed by atoms with Gasteiger partial charge in [0.1, 0.15) is 0 Å². The molecule has 0 atom stereocenters. The fourth-order valence-electron chi connectivity index (χ4n) is 2.82. The van der Waals surface area contributed by atoms with Gasteiger partial charge in [-0.2, -0.15) is 4.31 Å². The Kier molecular flexibility index (Phi) is 5.81. The first-order valence-electron chi connectivity index (χ1n) is 8.12. The monoisotopic (exact) mass is 338 g/mol. The van der Waals surface area contributed by atoms with Crippen LogP contribution in [0, 0.1) is 12.8 Å². The number of aryl methyl sites for hydroxylation is 1. The number of hydrogen-bond donors (Lipinski definition) is 0. The Morgan fingerprint density at radius 3 is 2.48 bits per heavy atom. The van der Waals surface area contributed by atoms with E-state index in [-0.39, 0.29) is 17.6 Å². The summed E-state index contributed by atoms with van der Waals surface area (Å²) in [4.78, 5) is 13.9. The Labute approximate surface area is 139 Å². The summed E-state index contributed by atoms with van der Waals surface area (Å²) in [7, 11) is -3.36. The predicted molar refractivity (Wildman–Crippen MR) is 91.4 cm³/mol. The molecular weight excluding hydrogens is 312 g/mol. The minimum absolute atomic E-state index is 0.0256. The summed E-state index contributed by atoms with van der Waals surface area (Å²) >= 11 is 0. The molecule has 0 unspecified atom stereocenters. The van der Waals surface area contributed by atoms with Crippen molar-refractivity contribution < 1.29 is 13.2 Å². The van der Waals surface area contributed by atoms with Crippen LogP contribution in [0.25, 0.3) is 0 Å². The number of nitrogens with zero attached hydrogens (tertiary/aromatic N) is 2. The van der Waals surface area contributed by atoms with Gasteiger partial charge in [-0.05, 0) is 24.5 Å². The van der Waals surface area contributed by atoms with E-state index >= 15 is 0 Å². The molecule has 0 bridgehead atoms. The van der Waals surface area contributed by atoms with Gasteiger partial charge >= 0.3 is 0 Å². The zero-order chi connectivity index (χ0) is 17.0. The van der Waals surface area contributed by atoms with E-state index in [9.17, 15) is 13.2 Å². The number of rotatable bonds is 4. The number of sulfonamides is 1. The van der Waals surface area contributed by atoms with E-state index in [0.29, 0.717) is 32.6 Å². The quantitative estimate of drug-likeness (QED) is 0.844. The van der Waals surface area contributed by atoms with Crippen LogP contribution >= 0.6 is 0 Å². The van der Waals surface area contributed by atoms with Crippen LogP contribution in [0.2, 0.25) is 0 Å². The number of carbonyl (C=O) groups is 1. The van der Waals surface area contributed by atoms with E-state index in [1.165, 1.54) is 4.31 Å². The average molecular weight is 338 g/mol. The van der Waals surface area contributed by atoms with E-state index in [1.54, 1.807) is 4.90 Å². The van der Waals surface area contributed by atoms with Gasteiger partial charge < -0.3 is 4.90 Å². The maximum absolute atomic E-state index is 12.7. The van der Waals surface area contributed by atoms with Crippen molar-refractivity contribution in [1.82, 2.24) is 9.21 Å². The molecule has 6 heteroatoms. The van der Waals surface area contributed by atoms with Gasteiger partial charge in [-0.1, -0.05) is 38.1 Å². The van der Waals surface area contributed by atoms with Crippen molar-refractivity contribution in [2.24, 2.45) is 5.92 Å². The van der Waals surface area contributed by atoms with Gasteiger partial charge in [0, 0.05) is 32.1 Å². The molecule has 5 nitrogen and oxygen atoms in total. The molecule has 128 valence electrons. The summed E-state index contributed by atoms with van der Waals surface area (Å²) < 4.78 is 26.9. The Hall–Kier alpha value is -1.40. The summed E-state index contributed by atoms with van der Waals surface area (Å²) in [5.74, 6) is 0.0749. The van der Waals surface area contributed by atoms with E-state index in [2.05, 4.69) is 0 Å². The lowest BCUT2D eigenvalue weighted by Gasteiger charge is -2.23. The van der Waals surface area contributed by atoms with Gasteiger partial charge in [-0.15, -0.1) is 0 Å². The normalized spacial score (nSPS) is 17.3. The highest BCUT2D eigenvalue weighted by atomic mass is 32.2. The Morgan fingerprint density at radius 2 is 1.83 bits per heavy atom. The molecule has 1 fully saturated rings. The molecule has 1 amide bonds. The molecule has 1 aromatic rings. The summed E-state index contributed by atoms with van der Waals surface area (Å²) in [6, 6.07) is 7.56. The van der Waals surface area contributed by atoms with Gasteiger partial charge in [0.25, 0.3) is 0 Å². The molecule has 1 aliphatic rings. The fraction of sp³-hybridized carbons (Fsp3) is 0.588. The fourth-order valence-corrected chi connectivity index (χ4v) is 4.48. The molecule has 1 heterocycles. The van der Waals surface area contributed by atoms with Crippen LogP contribution in [-0.4, -0.2) is 49.7 Å². The second-order valence-electron chi connectivity index (χ2n) is 6.42. The molecule has 1 saturated heterocycles. The Balaban J connectivity index is 2.06. The van der Waals surface area contributed by atoms with Crippen LogP contribution in [0.1, 0.15) is 31.4 Å². The topological polar surface area (TPSA) is 57.7 Å². The first kappa shape index (κ1) is 17.9. The van der Waals surface area contributed by atoms with Crippen LogP contribution < -0.4 is 0 Å². The van der Waals surface area contributed by atoms with E-state index in [1.807, 2.05) is 45.0 Å². The van der Waals surface area contributed by atoms with Crippen molar-refractivity contribution in [1.29, 1.82) is 0 Å². The van der Waals surface area contributed by atoms with Crippen LogP contribution in [0.15, 0.2) is 24.3 Å². The lowest BCUT2D eigenvalue weighted by atomic mass is 10.1. The summed E-state index contributed by atoms with van der Waals surface area (Å²) in [6.07, 6.45) is 0.686. The highest BCUT2D eigenvalue weighted by Crippen LogP contribution is 2.17. The van der Waals surface area contributed by atoms with Gasteiger partial charge in [-0.3, -0.25) is 4.79 Å². The number of amides is 1. The number of hydrogen-bond acceptors (Lipinski definition) is 3. The molecule has 23 heavy (non-hydrogen) atoms. The second kappa shape index (κ2) is 7.45. The maximum Gasteiger partial charge on any atom is 0.225 e. The maximum atomic E-state index is 12.7. The smallest absolute Gasteiger partial charge is 0.225 e. The Morgan fingerprint density at radius 1 is 1.13 bits per heavy atom. The average Bonchev–Trinajstić information content (AvgIpc) is 2.75. The third kappa shape index (κ3) is 4.54. The molecule has 1 aliphatic heterocycles. The lowest BCUT2D eigenvalue weighted by molar-refractivity contribution is -0.134. The SMILES string of the molecule is Cc1ccccc1CS(=O)(=O)N1CCCN(C(=O)C(C)C)CC1. The molecular formula is C17H26N2O3S. The van der Waals surface area contributed by atoms with Crippen molar-refractivity contribution in [3.8, 4) is 0 Å². The van der Waals surface area contributed by atoms with Gasteiger partial charge in [0.15, 0.2) is 0 Å². The first-order chi connectivity index (χ1) is 10.8. The molecule has 1 aromatic carbocycles. The minimum Gasteiger partial charge on any atom is -0.341 e. The molecule has 0 aliphatic carbocycles. The summed E-state index contributed by atoms with van der Waals surface area (Å²) in [5, 5.41) is 0. The lowest BCUT2D eigenvalue weighted by Crippen LogP contribution is -2.39. The summed E-state index contributed by atoms with van der Waals surface area (Å²) in [6.45, 7) is 7.65. The van der Waals surface area contributed by atoms with Gasteiger partial charge in [-0.25, -0.2) is 8.42 Å².